The molecule has 0 aromatic heterocycles. The molecule has 2 heterocycles. The van der Waals surface area contributed by atoms with Crippen molar-refractivity contribution >= 4 is 23.5 Å². The van der Waals surface area contributed by atoms with Crippen molar-refractivity contribution in [1.82, 2.24) is 0 Å². The van der Waals surface area contributed by atoms with Gasteiger partial charge in [-0.3, -0.25) is 9.59 Å². The Morgan fingerprint density at radius 1 is 0.966 bits per heavy atom. The molecule has 0 bridgehead atoms. The molecule has 2 aliphatic rings. The summed E-state index contributed by atoms with van der Waals surface area (Å²) in [6.45, 7) is 4.60. The smallest absolute Gasteiger partial charge is 0.292 e. The van der Waals surface area contributed by atoms with Gasteiger partial charge in [0, 0.05) is 5.56 Å². The van der Waals surface area contributed by atoms with E-state index in [9.17, 15) is 19.5 Å². The zero-order chi connectivity index (χ0) is 20.4. The molecule has 0 aliphatic carbocycles. The van der Waals surface area contributed by atoms with Gasteiger partial charge in [0.1, 0.15) is 32.7 Å². The number of carboxylic acid groups (broad SMARTS) is 1. The molecule has 2 amide bonds. The number of benzene rings is 2. The van der Waals surface area contributed by atoms with Crippen LogP contribution in [0.25, 0.3) is 0 Å². The first kappa shape index (κ1) is 19.3. The Labute approximate surface area is 169 Å². The number of anilines is 1. The Bertz CT molecular complexity index is 905. The van der Waals surface area contributed by atoms with Crippen molar-refractivity contribution < 1.29 is 29.3 Å². The van der Waals surface area contributed by atoms with E-state index >= 15 is 0 Å². The quantitative estimate of drug-likeness (QED) is 0.557. The molecule has 2 aromatic carbocycles. The Balaban J connectivity index is 1.38. The second kappa shape index (κ2) is 8.14. The van der Waals surface area contributed by atoms with Crippen LogP contribution in [-0.4, -0.2) is 50.0 Å². The van der Waals surface area contributed by atoms with Crippen molar-refractivity contribution in [2.45, 2.75) is 19.0 Å². The largest absolute Gasteiger partial charge is 0.545 e. The molecule has 0 saturated carbocycles. The minimum atomic E-state index is -1.28. The number of hydrogen-bond acceptors (Lipinski definition) is 4. The number of piperazine rings is 1. The number of nitrogens with one attached hydrogen (secondary N) is 2. The van der Waals surface area contributed by atoms with E-state index in [0.29, 0.717) is 5.69 Å². The number of imide groups is 1. The van der Waals surface area contributed by atoms with E-state index in [0.717, 1.165) is 37.6 Å². The normalized spacial score (nSPS) is 24.7. The lowest BCUT2D eigenvalue weighted by molar-refractivity contribution is -1.02. The highest BCUT2D eigenvalue weighted by Gasteiger charge is 2.46. The molecule has 0 spiro atoms. The van der Waals surface area contributed by atoms with Crippen LogP contribution in [0.4, 0.5) is 5.69 Å². The molecule has 0 unspecified atom stereocenters. The molecule has 150 valence electrons. The van der Waals surface area contributed by atoms with E-state index in [4.69, 9.17) is 0 Å². The fraction of sp³-hybridized carbons (Fsp3) is 0.318. The maximum atomic E-state index is 13.0. The van der Waals surface area contributed by atoms with Gasteiger partial charge in [0.25, 0.3) is 5.91 Å². The number of rotatable bonds is 5. The number of hydrogen-bond donors (Lipinski definition) is 2. The first-order valence-electron chi connectivity index (χ1n) is 9.93. The summed E-state index contributed by atoms with van der Waals surface area (Å²) in [7, 11) is 0. The first-order valence-corrected chi connectivity index (χ1v) is 9.93. The van der Waals surface area contributed by atoms with Crippen LogP contribution in [0.3, 0.4) is 0 Å². The molecule has 7 nitrogen and oxygen atoms in total. The summed E-state index contributed by atoms with van der Waals surface area (Å²) in [6.07, 6.45) is 0.199. The van der Waals surface area contributed by atoms with Gasteiger partial charge in [-0.25, -0.2) is 4.90 Å². The highest BCUT2D eigenvalue weighted by atomic mass is 16.4. The van der Waals surface area contributed by atoms with Crippen LogP contribution < -0.4 is 19.8 Å². The molecule has 4 rings (SSSR count). The summed E-state index contributed by atoms with van der Waals surface area (Å²) in [6, 6.07) is 15.7. The highest BCUT2D eigenvalue weighted by Crippen LogP contribution is 2.22. The number of amides is 2. The Kier molecular flexibility index (Phi) is 5.42. The molecule has 0 radical (unpaired) electrons. The molecule has 2 aromatic rings. The van der Waals surface area contributed by atoms with Crippen LogP contribution in [-0.2, 0) is 16.1 Å². The zero-order valence-electron chi connectivity index (χ0n) is 16.1. The van der Waals surface area contributed by atoms with Crippen molar-refractivity contribution in [3.8, 4) is 0 Å². The van der Waals surface area contributed by atoms with Crippen LogP contribution in [0.2, 0.25) is 0 Å². The predicted molar refractivity (Wildman–Crippen MR) is 103 cm³/mol. The van der Waals surface area contributed by atoms with Crippen LogP contribution in [0.1, 0.15) is 22.3 Å². The molecular weight excluding hydrogens is 370 g/mol. The summed E-state index contributed by atoms with van der Waals surface area (Å²) >= 11 is 0. The highest BCUT2D eigenvalue weighted by molar-refractivity contribution is 6.21. The van der Waals surface area contributed by atoms with Gasteiger partial charge in [0.15, 0.2) is 6.04 Å². The van der Waals surface area contributed by atoms with Crippen molar-refractivity contribution in [3.05, 3.63) is 65.7 Å². The van der Waals surface area contributed by atoms with Gasteiger partial charge < -0.3 is 19.7 Å². The first-order chi connectivity index (χ1) is 14.0. The average molecular weight is 394 g/mol. The van der Waals surface area contributed by atoms with Gasteiger partial charge in [-0.05, 0) is 17.7 Å². The third kappa shape index (κ3) is 4.06. The SMILES string of the molecule is O=C([O-])c1ccc(N2C(=O)C[C@H]([NH+]3CC[NH+](Cc4ccccc4)CC3)C2=O)cc1. The molecule has 29 heavy (non-hydrogen) atoms. The van der Waals surface area contributed by atoms with E-state index in [1.54, 1.807) is 0 Å². The Morgan fingerprint density at radius 3 is 2.24 bits per heavy atom. The molecule has 7 heteroatoms. The van der Waals surface area contributed by atoms with Gasteiger partial charge in [0.05, 0.1) is 18.1 Å². The number of aromatic carboxylic acids is 1. The summed E-state index contributed by atoms with van der Waals surface area (Å²) in [4.78, 5) is 40.2. The van der Waals surface area contributed by atoms with Crippen molar-refractivity contribution in [2.75, 3.05) is 31.1 Å². The third-order valence-electron chi connectivity index (χ3n) is 5.90. The minimum absolute atomic E-state index is 0.0209. The lowest BCUT2D eigenvalue weighted by atomic mass is 10.1. The molecule has 1 atom stereocenters. The zero-order valence-corrected chi connectivity index (χ0v) is 16.1. The maximum Gasteiger partial charge on any atom is 0.292 e. The topological polar surface area (TPSA) is 86.4 Å². The number of nitrogens with zero attached hydrogens (tertiary/aromatic N) is 1. The molecule has 2 N–H and O–H groups in total. The van der Waals surface area contributed by atoms with Gasteiger partial charge >= 0.3 is 0 Å². The van der Waals surface area contributed by atoms with Gasteiger partial charge in [-0.2, -0.15) is 0 Å². The molecule has 2 fully saturated rings. The number of carbonyl (C=O) groups is 3. The second-order valence-corrected chi connectivity index (χ2v) is 7.73. The van der Waals surface area contributed by atoms with E-state index < -0.39 is 5.97 Å². The van der Waals surface area contributed by atoms with Crippen LogP contribution >= 0.6 is 0 Å². The average Bonchev–Trinajstić information content (AvgIpc) is 3.03. The van der Waals surface area contributed by atoms with Crippen LogP contribution in [0.15, 0.2) is 54.6 Å². The lowest BCUT2D eigenvalue weighted by Gasteiger charge is -2.32. The maximum absolute atomic E-state index is 13.0. The summed E-state index contributed by atoms with van der Waals surface area (Å²) in [5, 5.41) is 10.9. The molecule has 2 aliphatic heterocycles. The van der Waals surface area contributed by atoms with Crippen molar-refractivity contribution in [2.24, 2.45) is 0 Å². The van der Waals surface area contributed by atoms with Crippen LogP contribution in [0, 0.1) is 0 Å². The standard InChI is InChI=1S/C22H23N3O4/c26-20-14-19(21(27)25(20)18-8-6-17(7-9-18)22(28)29)24-12-10-23(11-13-24)15-16-4-2-1-3-5-16/h1-9,19H,10-15H2,(H,28,29)/p+1/t19-/m0/s1. The summed E-state index contributed by atoms with van der Waals surface area (Å²) in [5.74, 6) is -1.71. The number of carbonyl (C=O) groups excluding carboxylic acids is 3. The van der Waals surface area contributed by atoms with E-state index in [1.807, 2.05) is 18.2 Å². The van der Waals surface area contributed by atoms with Crippen molar-refractivity contribution in [3.63, 3.8) is 0 Å². The second-order valence-electron chi connectivity index (χ2n) is 7.73. The molecule has 2 saturated heterocycles. The van der Waals surface area contributed by atoms with Gasteiger partial charge in [0.2, 0.25) is 5.91 Å². The summed E-state index contributed by atoms with van der Waals surface area (Å²) in [5.41, 5.74) is 1.75. The van der Waals surface area contributed by atoms with Crippen LogP contribution in [0.5, 0.6) is 0 Å². The third-order valence-corrected chi connectivity index (χ3v) is 5.90. The van der Waals surface area contributed by atoms with E-state index in [-0.39, 0.29) is 29.8 Å². The number of carboxylic acids is 1. The predicted octanol–water partition coefficient (Wildman–Crippen LogP) is -2.33. The Hall–Kier alpha value is -3.03. The minimum Gasteiger partial charge on any atom is -0.545 e. The summed E-state index contributed by atoms with van der Waals surface area (Å²) < 4.78 is 0. The van der Waals surface area contributed by atoms with Crippen molar-refractivity contribution in [1.29, 1.82) is 0 Å². The van der Waals surface area contributed by atoms with E-state index in [1.165, 1.54) is 39.6 Å². The van der Waals surface area contributed by atoms with Gasteiger partial charge in [-0.15, -0.1) is 0 Å². The van der Waals surface area contributed by atoms with E-state index in [2.05, 4.69) is 12.1 Å². The lowest BCUT2D eigenvalue weighted by Crippen LogP contribution is -3.29. The fourth-order valence-corrected chi connectivity index (χ4v) is 4.30. The van der Waals surface area contributed by atoms with Gasteiger partial charge in [-0.1, -0.05) is 42.5 Å². The molecular formula is C22H24N3O4+. The Morgan fingerprint density at radius 2 is 1.62 bits per heavy atom. The monoisotopic (exact) mass is 394 g/mol. The number of quaternary nitrogens is 2. The fourth-order valence-electron chi connectivity index (χ4n) is 4.30.